The zero-order valence-electron chi connectivity index (χ0n) is 28.3. The molecule has 0 spiro atoms. The molecule has 4 nitrogen and oxygen atoms in total. The van der Waals surface area contributed by atoms with Crippen LogP contribution < -0.4 is 0 Å². The maximum atomic E-state index is 10.3. The molecule has 241 valence electrons. The molecule has 0 saturated carbocycles. The van der Waals surface area contributed by atoms with Crippen LogP contribution in [0.3, 0.4) is 0 Å². The fourth-order valence-electron chi connectivity index (χ4n) is 5.30. The summed E-state index contributed by atoms with van der Waals surface area (Å²) in [6.07, 6.45) is 40.4. The number of carboxylic acids is 2. The fraction of sp³-hybridized carbons (Fsp3) is 0.944. The Bertz CT molecular complexity index is 454. The van der Waals surface area contributed by atoms with Gasteiger partial charge in [0.05, 0.1) is 0 Å². The molecule has 0 saturated heterocycles. The second kappa shape index (κ2) is 42.1. The quantitative estimate of drug-likeness (QED) is 0.0602. The minimum atomic E-state index is -0.653. The topological polar surface area (TPSA) is 74.6 Å². The van der Waals surface area contributed by atoms with Gasteiger partial charge in [-0.05, 0) is 12.8 Å². The maximum absolute atomic E-state index is 10.3. The predicted molar refractivity (Wildman–Crippen MR) is 180 cm³/mol. The second-order valence-corrected chi connectivity index (χ2v) is 12.2. The van der Waals surface area contributed by atoms with Gasteiger partial charge in [-0.15, -0.1) is 0 Å². The minimum absolute atomic E-state index is 0. The van der Waals surface area contributed by atoms with Crippen LogP contribution in [0.15, 0.2) is 0 Å². The molecule has 0 fully saturated rings. The van der Waals surface area contributed by atoms with Gasteiger partial charge in [-0.1, -0.05) is 194 Å². The summed E-state index contributed by atoms with van der Waals surface area (Å²) in [6.45, 7) is 4.54. The summed E-state index contributed by atoms with van der Waals surface area (Å²) in [5, 5.41) is 17.0. The van der Waals surface area contributed by atoms with Gasteiger partial charge in [-0.2, -0.15) is 0 Å². The minimum Gasteiger partial charge on any atom is -0.481 e. The molecule has 0 aromatic rings. The molecule has 0 unspecified atom stereocenters. The van der Waals surface area contributed by atoms with Crippen molar-refractivity contribution in [1.82, 2.24) is 0 Å². The van der Waals surface area contributed by atoms with E-state index in [2.05, 4.69) is 13.8 Å². The largest absolute Gasteiger partial charge is 0.481 e. The van der Waals surface area contributed by atoms with E-state index >= 15 is 0 Å². The molecule has 2 N–H and O–H groups in total. The van der Waals surface area contributed by atoms with Crippen molar-refractivity contribution < 1.29 is 19.8 Å². The first-order valence-electron chi connectivity index (χ1n) is 18.0. The Labute approximate surface area is 279 Å². The Morgan fingerprint density at radius 1 is 0.317 bits per heavy atom. The van der Waals surface area contributed by atoms with Gasteiger partial charge in [0.1, 0.15) is 0 Å². The number of rotatable bonds is 32. The van der Waals surface area contributed by atoms with Gasteiger partial charge in [-0.25, -0.2) is 0 Å². The third-order valence-corrected chi connectivity index (χ3v) is 7.99. The van der Waals surface area contributed by atoms with E-state index in [1.165, 1.54) is 167 Å². The summed E-state index contributed by atoms with van der Waals surface area (Å²) >= 11 is 0. The maximum Gasteiger partial charge on any atom is 0.303 e. The standard InChI is InChI=1S/2C18H36O2.Na/c2*1-2-3-4-5-6-7-8-9-10-11-12-13-14-15-16-17-18(19)20;/h2*2-17H2,1H3,(H,19,20);. The number of hydrogen-bond acceptors (Lipinski definition) is 2. The van der Waals surface area contributed by atoms with E-state index in [4.69, 9.17) is 10.2 Å². The summed E-state index contributed by atoms with van der Waals surface area (Å²) in [5.41, 5.74) is 0. The van der Waals surface area contributed by atoms with Crippen molar-refractivity contribution in [1.29, 1.82) is 0 Å². The van der Waals surface area contributed by atoms with Crippen LogP contribution in [0.2, 0.25) is 0 Å². The molecule has 0 aliphatic carbocycles. The van der Waals surface area contributed by atoms with Crippen LogP contribution in [0.5, 0.6) is 0 Å². The Hall–Kier alpha value is -0.0600. The van der Waals surface area contributed by atoms with E-state index in [1.807, 2.05) is 0 Å². The van der Waals surface area contributed by atoms with E-state index in [1.54, 1.807) is 0 Å². The van der Waals surface area contributed by atoms with Crippen LogP contribution in [-0.4, -0.2) is 51.7 Å². The molecule has 0 aromatic carbocycles. The average molecular weight is 592 g/mol. The molecule has 0 bridgehead atoms. The molecule has 0 atom stereocenters. The van der Waals surface area contributed by atoms with Crippen molar-refractivity contribution in [2.75, 3.05) is 0 Å². The first-order valence-corrected chi connectivity index (χ1v) is 18.0. The summed E-state index contributed by atoms with van der Waals surface area (Å²) in [4.78, 5) is 20.7. The van der Waals surface area contributed by atoms with E-state index in [9.17, 15) is 9.59 Å². The van der Waals surface area contributed by atoms with Crippen LogP contribution >= 0.6 is 0 Å². The number of hydrogen-bond donors (Lipinski definition) is 2. The number of aliphatic carboxylic acids is 2. The summed E-state index contributed by atoms with van der Waals surface area (Å²) in [7, 11) is 0. The van der Waals surface area contributed by atoms with Crippen molar-refractivity contribution >= 4 is 41.5 Å². The predicted octanol–water partition coefficient (Wildman–Crippen LogP) is 12.3. The molecule has 0 amide bonds. The third kappa shape index (κ3) is 49.9. The van der Waals surface area contributed by atoms with Crippen molar-refractivity contribution in [3.63, 3.8) is 0 Å². The third-order valence-electron chi connectivity index (χ3n) is 7.99. The van der Waals surface area contributed by atoms with Crippen molar-refractivity contribution in [2.45, 2.75) is 219 Å². The molecule has 5 heteroatoms. The van der Waals surface area contributed by atoms with E-state index in [0.717, 1.165) is 25.7 Å². The number of carbonyl (C=O) groups is 2. The number of carboxylic acid groups (broad SMARTS) is 2. The van der Waals surface area contributed by atoms with Crippen LogP contribution in [0, 0.1) is 0 Å². The zero-order chi connectivity index (χ0) is 29.8. The zero-order valence-corrected chi connectivity index (χ0v) is 30.3. The first-order chi connectivity index (χ1) is 19.5. The molecule has 0 aliphatic heterocycles. The molecular weight excluding hydrogens is 519 g/mol. The number of unbranched alkanes of at least 4 members (excludes halogenated alkanes) is 28. The van der Waals surface area contributed by atoms with Gasteiger partial charge in [-0.3, -0.25) is 9.59 Å². The van der Waals surface area contributed by atoms with Gasteiger partial charge >= 0.3 is 11.9 Å². The van der Waals surface area contributed by atoms with Crippen molar-refractivity contribution in [3.05, 3.63) is 0 Å². The Balaban J connectivity index is -0.000000688. The molecule has 0 heterocycles. The molecule has 0 aromatic heterocycles. The van der Waals surface area contributed by atoms with Gasteiger partial charge in [0, 0.05) is 42.4 Å². The van der Waals surface area contributed by atoms with Gasteiger partial charge < -0.3 is 10.2 Å². The fourth-order valence-corrected chi connectivity index (χ4v) is 5.30. The second-order valence-electron chi connectivity index (χ2n) is 12.2. The van der Waals surface area contributed by atoms with Crippen molar-refractivity contribution in [2.24, 2.45) is 0 Å². The first kappa shape index (κ1) is 45.4. The van der Waals surface area contributed by atoms with Crippen LogP contribution in [-0.2, 0) is 9.59 Å². The normalized spacial score (nSPS) is 10.6. The average Bonchev–Trinajstić information content (AvgIpc) is 2.93. The van der Waals surface area contributed by atoms with Crippen LogP contribution in [0.1, 0.15) is 219 Å². The van der Waals surface area contributed by atoms with Gasteiger partial charge in [0.15, 0.2) is 0 Å². The van der Waals surface area contributed by atoms with Crippen LogP contribution in [0.25, 0.3) is 0 Å². The Kier molecular flexibility index (Phi) is 46.6. The van der Waals surface area contributed by atoms with Gasteiger partial charge in [0.25, 0.3) is 0 Å². The Morgan fingerprint density at radius 3 is 0.610 bits per heavy atom. The smallest absolute Gasteiger partial charge is 0.303 e. The Morgan fingerprint density at radius 2 is 0.463 bits per heavy atom. The van der Waals surface area contributed by atoms with E-state index in [-0.39, 0.29) is 29.6 Å². The van der Waals surface area contributed by atoms with E-state index < -0.39 is 11.9 Å². The molecule has 0 rings (SSSR count). The molecular formula is C36H72NaO4. The van der Waals surface area contributed by atoms with E-state index in [0.29, 0.717) is 12.8 Å². The molecule has 41 heavy (non-hydrogen) atoms. The molecule has 0 aliphatic rings. The van der Waals surface area contributed by atoms with Crippen molar-refractivity contribution in [3.8, 4) is 0 Å². The van der Waals surface area contributed by atoms with Crippen LogP contribution in [0.4, 0.5) is 0 Å². The molecule has 1 radical (unpaired) electrons. The summed E-state index contributed by atoms with van der Waals surface area (Å²) in [6, 6.07) is 0. The summed E-state index contributed by atoms with van der Waals surface area (Å²) in [5.74, 6) is -1.31. The monoisotopic (exact) mass is 592 g/mol. The summed E-state index contributed by atoms with van der Waals surface area (Å²) < 4.78 is 0. The SMILES string of the molecule is CCCCCCCCCCCCCCCCCC(=O)O.CCCCCCCCCCCCCCCCCC(=O)O.[Na]. The van der Waals surface area contributed by atoms with Gasteiger partial charge in [0.2, 0.25) is 0 Å².